The van der Waals surface area contributed by atoms with Crippen molar-refractivity contribution in [2.24, 2.45) is 0 Å². The van der Waals surface area contributed by atoms with Gasteiger partial charge in [-0.3, -0.25) is 0 Å². The van der Waals surface area contributed by atoms with E-state index in [1.165, 1.54) is 0 Å². The van der Waals surface area contributed by atoms with Crippen LogP contribution in [0.25, 0.3) is 0 Å². The van der Waals surface area contributed by atoms with Crippen LogP contribution in [0.5, 0.6) is 5.75 Å². The second-order valence-electron chi connectivity index (χ2n) is 4.59. The maximum absolute atomic E-state index is 9.84. The fraction of sp³-hybridized carbons (Fsp3) is 0.429. The highest BCUT2D eigenvalue weighted by Gasteiger charge is 2.12. The van der Waals surface area contributed by atoms with Crippen LogP contribution in [-0.2, 0) is 0 Å². The zero-order valence-corrected chi connectivity index (χ0v) is 12.0. The van der Waals surface area contributed by atoms with Crippen molar-refractivity contribution in [3.63, 3.8) is 0 Å². The van der Waals surface area contributed by atoms with Crippen molar-refractivity contribution in [2.75, 3.05) is 13.2 Å². The fourth-order valence-electron chi connectivity index (χ4n) is 1.92. The molecule has 0 aliphatic heterocycles. The Hall–Kier alpha value is -0.740. The summed E-state index contributed by atoms with van der Waals surface area (Å²) >= 11 is 11.8. The average Bonchev–Trinajstić information content (AvgIpc) is 2.88. The van der Waals surface area contributed by atoms with Crippen LogP contribution in [0.1, 0.15) is 12.8 Å². The number of aliphatic hydroxyl groups excluding tert-OH is 1. The highest BCUT2D eigenvalue weighted by atomic mass is 35.5. The number of benzene rings is 1. The maximum Gasteiger partial charge on any atom is 0.138 e. The van der Waals surface area contributed by atoms with Crippen molar-refractivity contribution in [3.8, 4) is 5.75 Å². The molecule has 0 aromatic heterocycles. The van der Waals surface area contributed by atoms with Gasteiger partial charge >= 0.3 is 0 Å². The fourth-order valence-corrected chi connectivity index (χ4v) is 2.39. The minimum absolute atomic E-state index is 0.203. The number of hydrogen-bond donors (Lipinski definition) is 2. The van der Waals surface area contributed by atoms with E-state index in [2.05, 4.69) is 17.5 Å². The quantitative estimate of drug-likeness (QED) is 0.794. The Kier molecular flexibility index (Phi) is 5.52. The molecular weight excluding hydrogens is 285 g/mol. The van der Waals surface area contributed by atoms with Gasteiger partial charge in [0.1, 0.15) is 18.5 Å². The van der Waals surface area contributed by atoms with E-state index < -0.39 is 6.10 Å². The second-order valence-corrected chi connectivity index (χ2v) is 5.43. The average molecular weight is 302 g/mol. The smallest absolute Gasteiger partial charge is 0.138 e. The first-order valence-corrected chi connectivity index (χ1v) is 7.05. The zero-order valence-electron chi connectivity index (χ0n) is 10.5. The zero-order chi connectivity index (χ0) is 13.7. The summed E-state index contributed by atoms with van der Waals surface area (Å²) < 4.78 is 5.47. The van der Waals surface area contributed by atoms with Gasteiger partial charge < -0.3 is 15.2 Å². The lowest BCUT2D eigenvalue weighted by Gasteiger charge is -2.17. The summed E-state index contributed by atoms with van der Waals surface area (Å²) in [4.78, 5) is 0. The van der Waals surface area contributed by atoms with Gasteiger partial charge in [-0.1, -0.05) is 35.4 Å². The van der Waals surface area contributed by atoms with Gasteiger partial charge in [0.2, 0.25) is 0 Å². The van der Waals surface area contributed by atoms with E-state index in [9.17, 15) is 5.11 Å². The predicted octanol–water partition coefficient (Wildman–Crippen LogP) is 3.04. The predicted molar refractivity (Wildman–Crippen MR) is 78.1 cm³/mol. The Morgan fingerprint density at radius 3 is 2.74 bits per heavy atom. The third-order valence-corrected chi connectivity index (χ3v) is 3.51. The summed E-state index contributed by atoms with van der Waals surface area (Å²) in [6.07, 6.45) is 5.78. The third kappa shape index (κ3) is 4.69. The molecular formula is C14H17Cl2NO2. The molecule has 0 spiro atoms. The summed E-state index contributed by atoms with van der Waals surface area (Å²) in [5.74, 6) is 0.535. The summed E-state index contributed by atoms with van der Waals surface area (Å²) in [5, 5.41) is 14.1. The number of nitrogens with one attached hydrogen (secondary N) is 1. The topological polar surface area (TPSA) is 41.5 Å². The molecule has 0 radical (unpaired) electrons. The first kappa shape index (κ1) is 14.7. The number of hydrogen-bond acceptors (Lipinski definition) is 3. The lowest BCUT2D eigenvalue weighted by Crippen LogP contribution is -2.36. The molecule has 2 N–H and O–H groups in total. The lowest BCUT2D eigenvalue weighted by molar-refractivity contribution is 0.104. The van der Waals surface area contributed by atoms with Gasteiger partial charge in [0.25, 0.3) is 0 Å². The van der Waals surface area contributed by atoms with Gasteiger partial charge in [0.05, 0.1) is 5.02 Å². The number of ether oxygens (including phenoxy) is 1. The monoisotopic (exact) mass is 301 g/mol. The van der Waals surface area contributed by atoms with Crippen LogP contribution < -0.4 is 10.1 Å². The summed E-state index contributed by atoms with van der Waals surface area (Å²) in [6.45, 7) is 0.714. The van der Waals surface area contributed by atoms with Crippen LogP contribution in [0, 0.1) is 0 Å². The van der Waals surface area contributed by atoms with E-state index >= 15 is 0 Å². The SMILES string of the molecule is OC(CNC1CC=CC1)COc1ccc(Cl)cc1Cl. The number of rotatable bonds is 6. The van der Waals surface area contributed by atoms with Crippen molar-refractivity contribution in [3.05, 3.63) is 40.4 Å². The molecule has 0 heterocycles. The van der Waals surface area contributed by atoms with E-state index in [-0.39, 0.29) is 6.61 Å². The molecule has 1 atom stereocenters. The van der Waals surface area contributed by atoms with Gasteiger partial charge in [-0.15, -0.1) is 0 Å². The number of aliphatic hydroxyl groups is 1. The molecule has 0 saturated heterocycles. The number of halogens is 2. The van der Waals surface area contributed by atoms with Gasteiger partial charge in [-0.05, 0) is 31.0 Å². The molecule has 19 heavy (non-hydrogen) atoms. The second kappa shape index (κ2) is 7.15. The Balaban J connectivity index is 1.71. The standard InChI is InChI=1S/C14H17Cl2NO2/c15-10-5-6-14(13(16)7-10)19-9-12(18)8-17-11-3-1-2-4-11/h1-2,5-7,11-12,17-18H,3-4,8-9H2. The van der Waals surface area contributed by atoms with Gasteiger partial charge in [-0.25, -0.2) is 0 Å². The van der Waals surface area contributed by atoms with Gasteiger partial charge in [-0.2, -0.15) is 0 Å². The lowest BCUT2D eigenvalue weighted by atomic mass is 10.2. The molecule has 1 aliphatic rings. The van der Waals surface area contributed by atoms with Crippen LogP contribution in [0.4, 0.5) is 0 Å². The Bertz CT molecular complexity index is 443. The van der Waals surface area contributed by atoms with Gasteiger partial charge in [0, 0.05) is 17.6 Å². The molecule has 0 bridgehead atoms. The largest absolute Gasteiger partial charge is 0.489 e. The normalized spacial score (nSPS) is 16.8. The van der Waals surface area contributed by atoms with Crippen molar-refractivity contribution >= 4 is 23.2 Å². The van der Waals surface area contributed by atoms with Gasteiger partial charge in [0.15, 0.2) is 0 Å². The molecule has 1 aromatic rings. The summed E-state index contributed by atoms with van der Waals surface area (Å²) in [6, 6.07) is 5.46. The van der Waals surface area contributed by atoms with Crippen molar-refractivity contribution in [1.29, 1.82) is 0 Å². The Morgan fingerprint density at radius 2 is 2.05 bits per heavy atom. The molecule has 0 fully saturated rings. The third-order valence-electron chi connectivity index (χ3n) is 2.98. The summed E-state index contributed by atoms with van der Waals surface area (Å²) in [7, 11) is 0. The molecule has 2 rings (SSSR count). The van der Waals surface area contributed by atoms with E-state index in [0.29, 0.717) is 28.4 Å². The van der Waals surface area contributed by atoms with E-state index in [1.807, 2.05) is 0 Å². The first-order chi connectivity index (χ1) is 9.15. The van der Waals surface area contributed by atoms with E-state index in [1.54, 1.807) is 18.2 Å². The highest BCUT2D eigenvalue weighted by Crippen LogP contribution is 2.27. The molecule has 1 aliphatic carbocycles. The molecule has 104 valence electrons. The first-order valence-electron chi connectivity index (χ1n) is 6.29. The molecule has 1 unspecified atom stereocenters. The minimum Gasteiger partial charge on any atom is -0.489 e. The van der Waals surface area contributed by atoms with Crippen molar-refractivity contribution < 1.29 is 9.84 Å². The van der Waals surface area contributed by atoms with Crippen molar-refractivity contribution in [1.82, 2.24) is 5.32 Å². The molecule has 0 saturated carbocycles. The molecule has 3 nitrogen and oxygen atoms in total. The van der Waals surface area contributed by atoms with E-state index in [4.69, 9.17) is 27.9 Å². The van der Waals surface area contributed by atoms with Crippen LogP contribution >= 0.6 is 23.2 Å². The molecule has 0 amide bonds. The molecule has 1 aromatic carbocycles. The van der Waals surface area contributed by atoms with Crippen LogP contribution in [-0.4, -0.2) is 30.4 Å². The molecule has 5 heteroatoms. The van der Waals surface area contributed by atoms with Crippen LogP contribution in [0.2, 0.25) is 10.0 Å². The van der Waals surface area contributed by atoms with Crippen LogP contribution in [0.15, 0.2) is 30.4 Å². The Labute approximate surface area is 123 Å². The highest BCUT2D eigenvalue weighted by molar-refractivity contribution is 6.35. The van der Waals surface area contributed by atoms with Crippen molar-refractivity contribution in [2.45, 2.75) is 25.0 Å². The maximum atomic E-state index is 9.84. The Morgan fingerprint density at radius 1 is 1.32 bits per heavy atom. The van der Waals surface area contributed by atoms with Crippen LogP contribution in [0.3, 0.4) is 0 Å². The van der Waals surface area contributed by atoms with E-state index in [0.717, 1.165) is 12.8 Å². The minimum atomic E-state index is -0.563. The summed E-state index contributed by atoms with van der Waals surface area (Å²) in [5.41, 5.74) is 0.